The molecule has 0 atom stereocenters. The van der Waals surface area contributed by atoms with Crippen LogP contribution in [0.2, 0.25) is 0 Å². The van der Waals surface area contributed by atoms with Crippen molar-refractivity contribution in [3.63, 3.8) is 0 Å². The summed E-state index contributed by atoms with van der Waals surface area (Å²) >= 11 is 0. The zero-order valence-electron chi connectivity index (χ0n) is 10.9. The molecule has 0 saturated heterocycles. The molecule has 0 aliphatic rings. The lowest BCUT2D eigenvalue weighted by molar-refractivity contribution is -0.118. The molecule has 1 aromatic rings. The van der Waals surface area contributed by atoms with Crippen LogP contribution >= 0.6 is 0 Å². The van der Waals surface area contributed by atoms with Crippen molar-refractivity contribution >= 4 is 21.7 Å². The fraction of sp³-hybridized carbons (Fsp3) is 0.455. The van der Waals surface area contributed by atoms with E-state index in [1.54, 1.807) is 0 Å². The summed E-state index contributed by atoms with van der Waals surface area (Å²) in [6.45, 7) is 4.32. The molecule has 0 radical (unpaired) electrons. The number of amides is 1. The van der Waals surface area contributed by atoms with Gasteiger partial charge in [-0.25, -0.2) is 18.1 Å². The van der Waals surface area contributed by atoms with E-state index in [2.05, 4.69) is 20.3 Å². The number of hydrogen-bond acceptors (Lipinski definition) is 5. The Morgan fingerprint density at radius 2 is 2.11 bits per heavy atom. The van der Waals surface area contributed by atoms with Crippen molar-refractivity contribution in [3.05, 3.63) is 18.3 Å². The predicted molar refractivity (Wildman–Crippen MR) is 72.3 cm³/mol. The Kier molecular flexibility index (Phi) is 5.71. The summed E-state index contributed by atoms with van der Waals surface area (Å²) in [6, 6.07) is 2.88. The topological polar surface area (TPSA) is 100 Å². The minimum absolute atomic E-state index is 0.140. The summed E-state index contributed by atoms with van der Waals surface area (Å²) in [7, 11) is -3.58. The summed E-state index contributed by atoms with van der Waals surface area (Å²) in [5.41, 5.74) is 0. The van der Waals surface area contributed by atoms with Crippen LogP contribution in [0.15, 0.2) is 23.2 Å². The van der Waals surface area contributed by atoms with Crippen molar-refractivity contribution < 1.29 is 13.2 Å². The van der Waals surface area contributed by atoms with Crippen molar-refractivity contribution in [2.24, 2.45) is 0 Å². The zero-order valence-corrected chi connectivity index (χ0v) is 11.8. The highest BCUT2D eigenvalue weighted by Crippen LogP contribution is 2.11. The van der Waals surface area contributed by atoms with Crippen LogP contribution in [0, 0.1) is 0 Å². The molecule has 8 heteroatoms. The first-order valence-electron chi connectivity index (χ1n) is 5.89. The van der Waals surface area contributed by atoms with E-state index in [0.29, 0.717) is 12.4 Å². The number of aromatic nitrogens is 1. The van der Waals surface area contributed by atoms with Gasteiger partial charge in [-0.1, -0.05) is 0 Å². The summed E-state index contributed by atoms with van der Waals surface area (Å²) in [6.07, 6.45) is 1.43. The number of anilines is 1. The molecular formula is C11H18N4O3S. The molecule has 106 valence electrons. The van der Waals surface area contributed by atoms with Crippen LogP contribution in [0.1, 0.15) is 13.8 Å². The van der Waals surface area contributed by atoms with Gasteiger partial charge in [0, 0.05) is 38.8 Å². The summed E-state index contributed by atoms with van der Waals surface area (Å²) in [4.78, 5) is 14.8. The Morgan fingerprint density at radius 3 is 2.74 bits per heavy atom. The monoisotopic (exact) mass is 286 g/mol. The van der Waals surface area contributed by atoms with Gasteiger partial charge in [0.05, 0.1) is 4.90 Å². The molecule has 0 fully saturated rings. The molecular weight excluding hydrogens is 268 g/mol. The van der Waals surface area contributed by atoms with Gasteiger partial charge in [-0.05, 0) is 13.0 Å². The summed E-state index contributed by atoms with van der Waals surface area (Å²) < 4.78 is 26.3. The Labute approximate surface area is 112 Å². The molecule has 1 amide bonds. The average molecular weight is 286 g/mol. The van der Waals surface area contributed by atoms with Crippen LogP contribution in [0.3, 0.4) is 0 Å². The first-order valence-corrected chi connectivity index (χ1v) is 7.38. The van der Waals surface area contributed by atoms with Gasteiger partial charge in [-0.2, -0.15) is 0 Å². The van der Waals surface area contributed by atoms with Crippen molar-refractivity contribution in [1.29, 1.82) is 0 Å². The molecule has 7 nitrogen and oxygen atoms in total. The van der Waals surface area contributed by atoms with Crippen LogP contribution < -0.4 is 15.4 Å². The highest BCUT2D eigenvalue weighted by Gasteiger charge is 2.13. The van der Waals surface area contributed by atoms with E-state index >= 15 is 0 Å². The maximum Gasteiger partial charge on any atom is 0.240 e. The van der Waals surface area contributed by atoms with Crippen molar-refractivity contribution in [3.8, 4) is 0 Å². The third-order valence-electron chi connectivity index (χ3n) is 2.19. The van der Waals surface area contributed by atoms with E-state index in [1.165, 1.54) is 25.3 Å². The van der Waals surface area contributed by atoms with E-state index in [0.717, 1.165) is 0 Å². The second kappa shape index (κ2) is 7.05. The molecule has 0 spiro atoms. The van der Waals surface area contributed by atoms with Gasteiger partial charge in [-0.15, -0.1) is 0 Å². The molecule has 1 rings (SSSR count). The quantitative estimate of drug-likeness (QED) is 0.609. The lowest BCUT2D eigenvalue weighted by atomic mass is 10.4. The number of rotatable bonds is 7. The normalized spacial score (nSPS) is 11.1. The van der Waals surface area contributed by atoms with Gasteiger partial charge >= 0.3 is 0 Å². The number of carbonyl (C=O) groups excluding carboxylic acids is 1. The van der Waals surface area contributed by atoms with E-state index in [4.69, 9.17) is 0 Å². The molecule has 0 bridgehead atoms. The maximum atomic E-state index is 12.0. The number of hydrogen-bond donors (Lipinski definition) is 3. The second-order valence-corrected chi connectivity index (χ2v) is 5.55. The minimum atomic E-state index is -3.58. The van der Waals surface area contributed by atoms with Crippen molar-refractivity contribution in [1.82, 2.24) is 15.0 Å². The smallest absolute Gasteiger partial charge is 0.240 e. The molecule has 0 aliphatic heterocycles. The number of sulfonamides is 1. The number of nitrogens with zero attached hydrogens (tertiary/aromatic N) is 1. The molecule has 19 heavy (non-hydrogen) atoms. The average Bonchev–Trinajstić information content (AvgIpc) is 2.35. The Morgan fingerprint density at radius 1 is 1.37 bits per heavy atom. The third kappa shape index (κ3) is 5.23. The molecule has 3 N–H and O–H groups in total. The molecule has 0 unspecified atom stereocenters. The predicted octanol–water partition coefficient (Wildman–Crippen LogP) is -0.0722. The molecule has 0 aromatic carbocycles. The van der Waals surface area contributed by atoms with Crippen LogP contribution in [0.25, 0.3) is 0 Å². The van der Waals surface area contributed by atoms with Crippen molar-refractivity contribution in [2.75, 3.05) is 25.0 Å². The fourth-order valence-corrected chi connectivity index (χ4v) is 2.41. The first-order chi connectivity index (χ1) is 8.95. The first kappa shape index (κ1) is 15.4. The molecule has 1 aromatic heterocycles. The zero-order chi connectivity index (χ0) is 14.3. The van der Waals surface area contributed by atoms with Gasteiger partial charge in [0.25, 0.3) is 0 Å². The minimum Gasteiger partial charge on any atom is -0.370 e. The van der Waals surface area contributed by atoms with Gasteiger partial charge in [0.2, 0.25) is 15.9 Å². The van der Waals surface area contributed by atoms with Crippen LogP contribution in [-0.4, -0.2) is 38.9 Å². The lowest BCUT2D eigenvalue weighted by Gasteiger charge is -2.08. The van der Waals surface area contributed by atoms with Gasteiger partial charge in [0.15, 0.2) is 0 Å². The van der Waals surface area contributed by atoms with Crippen LogP contribution in [0.5, 0.6) is 0 Å². The Hall–Kier alpha value is -1.67. The summed E-state index contributed by atoms with van der Waals surface area (Å²) in [5, 5.41) is 5.45. The number of nitrogens with one attached hydrogen (secondary N) is 3. The highest BCUT2D eigenvalue weighted by molar-refractivity contribution is 7.89. The molecule has 0 aliphatic carbocycles. The van der Waals surface area contributed by atoms with E-state index < -0.39 is 10.0 Å². The van der Waals surface area contributed by atoms with Gasteiger partial charge in [0.1, 0.15) is 5.82 Å². The second-order valence-electron chi connectivity index (χ2n) is 3.79. The van der Waals surface area contributed by atoms with E-state index in [9.17, 15) is 13.2 Å². The Bertz CT molecular complexity index is 530. The van der Waals surface area contributed by atoms with Gasteiger partial charge in [-0.3, -0.25) is 4.79 Å². The van der Waals surface area contributed by atoms with E-state index in [1.807, 2.05) is 6.92 Å². The standard InChI is InChI=1S/C11H18N4O3S/c1-3-12-11-8-10(4-5-14-11)19(17,18)15-7-6-13-9(2)16/h4-5,8,15H,3,6-7H2,1-2H3,(H,12,14)(H,13,16). The van der Waals surface area contributed by atoms with Crippen molar-refractivity contribution in [2.45, 2.75) is 18.7 Å². The van der Waals surface area contributed by atoms with Crippen LogP contribution in [0.4, 0.5) is 5.82 Å². The SMILES string of the molecule is CCNc1cc(S(=O)(=O)NCCNC(C)=O)ccn1. The van der Waals surface area contributed by atoms with Crippen LogP contribution in [-0.2, 0) is 14.8 Å². The van der Waals surface area contributed by atoms with Gasteiger partial charge < -0.3 is 10.6 Å². The number of carbonyl (C=O) groups is 1. The van der Waals surface area contributed by atoms with E-state index in [-0.39, 0.29) is 23.9 Å². The summed E-state index contributed by atoms with van der Waals surface area (Å²) in [5.74, 6) is 0.310. The number of pyridine rings is 1. The molecule has 1 heterocycles. The highest BCUT2D eigenvalue weighted by atomic mass is 32.2. The fourth-order valence-electron chi connectivity index (χ4n) is 1.36. The lowest BCUT2D eigenvalue weighted by Crippen LogP contribution is -2.33. The third-order valence-corrected chi connectivity index (χ3v) is 3.65. The largest absolute Gasteiger partial charge is 0.370 e. The maximum absolute atomic E-state index is 12.0. The molecule has 0 saturated carbocycles. The Balaban J connectivity index is 2.66.